The Kier molecular flexibility index (Phi) is 4.45. The van der Waals surface area contributed by atoms with E-state index >= 15 is 0 Å². The molecule has 5 heteroatoms. The molecule has 0 aliphatic rings. The first-order chi connectivity index (χ1) is 10.3. The third-order valence-electron chi connectivity index (χ3n) is 3.09. The van der Waals surface area contributed by atoms with Crippen LogP contribution in [0, 0.1) is 13.8 Å². The molecule has 0 aliphatic carbocycles. The number of benzene rings is 1. The van der Waals surface area contributed by atoms with Gasteiger partial charge in [-0.1, -0.05) is 18.2 Å². The van der Waals surface area contributed by atoms with E-state index in [0.29, 0.717) is 11.6 Å². The van der Waals surface area contributed by atoms with Crippen LogP contribution in [0.15, 0.2) is 30.5 Å². The number of aromatic nitrogens is 2. The van der Waals surface area contributed by atoms with E-state index in [1.165, 1.54) is 0 Å². The Bertz CT molecular complexity index is 669. The summed E-state index contributed by atoms with van der Waals surface area (Å²) in [5.41, 5.74) is 3.05. The van der Waals surface area contributed by atoms with Gasteiger partial charge >= 0.3 is 0 Å². The lowest BCUT2D eigenvalue weighted by Gasteiger charge is -2.20. The predicted molar refractivity (Wildman–Crippen MR) is 89.3 cm³/mol. The van der Waals surface area contributed by atoms with Crippen LogP contribution in [0.5, 0.6) is 0 Å². The molecular formula is C17H22N4O. The number of hydrogen-bond donors (Lipinski definition) is 2. The van der Waals surface area contributed by atoms with Crippen LogP contribution in [0.1, 0.15) is 42.4 Å². The van der Waals surface area contributed by atoms with Gasteiger partial charge in [0.05, 0.1) is 0 Å². The van der Waals surface area contributed by atoms with Gasteiger partial charge in [-0.25, -0.2) is 9.97 Å². The van der Waals surface area contributed by atoms with Gasteiger partial charge in [-0.3, -0.25) is 4.79 Å². The Morgan fingerprint density at radius 2 is 1.73 bits per heavy atom. The van der Waals surface area contributed by atoms with Gasteiger partial charge in [-0.05, 0) is 51.8 Å². The number of carbonyl (C=O) groups excluding carboxylic acids is 1. The van der Waals surface area contributed by atoms with Crippen LogP contribution in [0.4, 0.5) is 11.6 Å². The van der Waals surface area contributed by atoms with E-state index in [0.717, 1.165) is 16.8 Å². The van der Waals surface area contributed by atoms with Gasteiger partial charge in [0, 0.05) is 17.4 Å². The molecule has 5 nitrogen and oxygen atoms in total. The minimum Gasteiger partial charge on any atom is -0.350 e. The van der Waals surface area contributed by atoms with Crippen molar-refractivity contribution >= 4 is 17.5 Å². The maximum absolute atomic E-state index is 12.4. The molecular weight excluding hydrogens is 276 g/mol. The largest absolute Gasteiger partial charge is 0.350 e. The van der Waals surface area contributed by atoms with Gasteiger partial charge in [0.2, 0.25) is 5.95 Å². The zero-order valence-corrected chi connectivity index (χ0v) is 13.7. The Morgan fingerprint density at radius 3 is 2.32 bits per heavy atom. The van der Waals surface area contributed by atoms with Crippen molar-refractivity contribution in [3.63, 3.8) is 0 Å². The monoisotopic (exact) mass is 298 g/mol. The summed E-state index contributed by atoms with van der Waals surface area (Å²) in [6.45, 7) is 9.98. The number of anilines is 2. The number of carbonyl (C=O) groups is 1. The fraction of sp³-hybridized carbons (Fsp3) is 0.353. The summed E-state index contributed by atoms with van der Waals surface area (Å²) >= 11 is 0. The van der Waals surface area contributed by atoms with Gasteiger partial charge in [-0.2, -0.15) is 0 Å². The highest BCUT2D eigenvalue weighted by Gasteiger charge is 2.15. The summed E-state index contributed by atoms with van der Waals surface area (Å²) in [4.78, 5) is 20.8. The molecule has 2 rings (SSSR count). The summed E-state index contributed by atoms with van der Waals surface area (Å²) in [5, 5.41) is 6.09. The molecule has 22 heavy (non-hydrogen) atoms. The zero-order chi connectivity index (χ0) is 16.3. The van der Waals surface area contributed by atoms with Crippen molar-refractivity contribution < 1.29 is 4.79 Å². The highest BCUT2D eigenvalue weighted by atomic mass is 16.1. The van der Waals surface area contributed by atoms with E-state index in [1.54, 1.807) is 12.3 Å². The van der Waals surface area contributed by atoms with Crippen LogP contribution >= 0.6 is 0 Å². The highest BCUT2D eigenvalue weighted by Crippen LogP contribution is 2.20. The lowest BCUT2D eigenvalue weighted by atomic mass is 10.1. The number of nitrogens with one attached hydrogen (secondary N) is 2. The van der Waals surface area contributed by atoms with E-state index in [-0.39, 0.29) is 11.4 Å². The maximum Gasteiger partial charge on any atom is 0.274 e. The molecule has 0 spiro atoms. The maximum atomic E-state index is 12.4. The lowest BCUT2D eigenvalue weighted by molar-refractivity contribution is 0.102. The first kappa shape index (κ1) is 15.9. The molecule has 2 aromatic rings. The summed E-state index contributed by atoms with van der Waals surface area (Å²) in [5.74, 6) is 0.207. The van der Waals surface area contributed by atoms with E-state index in [4.69, 9.17) is 0 Å². The number of nitrogens with zero attached hydrogens (tertiary/aromatic N) is 2. The Balaban J connectivity index is 2.22. The molecule has 1 aromatic carbocycles. The Hall–Kier alpha value is -2.43. The molecule has 0 atom stereocenters. The minimum absolute atomic E-state index is 0.165. The molecule has 0 saturated carbocycles. The van der Waals surface area contributed by atoms with Crippen molar-refractivity contribution in [2.75, 3.05) is 10.6 Å². The molecule has 0 fully saturated rings. The normalized spacial score (nSPS) is 11.1. The van der Waals surface area contributed by atoms with E-state index in [2.05, 4.69) is 20.6 Å². The van der Waals surface area contributed by atoms with Crippen molar-refractivity contribution in [3.05, 3.63) is 47.3 Å². The average molecular weight is 298 g/mol. The fourth-order valence-electron chi connectivity index (χ4n) is 2.07. The summed E-state index contributed by atoms with van der Waals surface area (Å²) in [6.07, 6.45) is 1.58. The fourth-order valence-corrected chi connectivity index (χ4v) is 2.07. The molecule has 0 saturated heterocycles. The third kappa shape index (κ3) is 4.04. The minimum atomic E-state index is -0.239. The van der Waals surface area contributed by atoms with Crippen LogP contribution in [0.3, 0.4) is 0 Å². The van der Waals surface area contributed by atoms with Crippen LogP contribution < -0.4 is 10.6 Å². The lowest BCUT2D eigenvalue weighted by Crippen LogP contribution is -2.28. The molecule has 0 aliphatic heterocycles. The number of amides is 1. The summed E-state index contributed by atoms with van der Waals surface area (Å²) in [7, 11) is 0. The molecule has 0 bridgehead atoms. The second kappa shape index (κ2) is 6.13. The van der Waals surface area contributed by atoms with Crippen molar-refractivity contribution in [2.24, 2.45) is 0 Å². The molecule has 1 aromatic heterocycles. The molecule has 1 amide bonds. The van der Waals surface area contributed by atoms with Crippen LogP contribution in [-0.2, 0) is 0 Å². The number of rotatable bonds is 3. The van der Waals surface area contributed by atoms with Crippen molar-refractivity contribution in [3.8, 4) is 0 Å². The van der Waals surface area contributed by atoms with Gasteiger partial charge in [-0.15, -0.1) is 0 Å². The quantitative estimate of drug-likeness (QED) is 0.909. The second-order valence-electron chi connectivity index (χ2n) is 6.36. The van der Waals surface area contributed by atoms with Gasteiger partial charge in [0.15, 0.2) is 0 Å². The van der Waals surface area contributed by atoms with E-state index < -0.39 is 0 Å². The standard InChI is InChI=1S/C17H22N4O/c1-11-7-6-8-12(2)14(11)20-15(22)13-9-10-18-16(19-13)21-17(3,4)5/h6-10H,1-5H3,(H,20,22)(H,18,19,21). The van der Waals surface area contributed by atoms with E-state index in [9.17, 15) is 4.79 Å². The zero-order valence-electron chi connectivity index (χ0n) is 13.7. The SMILES string of the molecule is Cc1cccc(C)c1NC(=O)c1ccnc(NC(C)(C)C)n1. The first-order valence-corrected chi connectivity index (χ1v) is 7.25. The van der Waals surface area contributed by atoms with Crippen LogP contribution in [0.25, 0.3) is 0 Å². The van der Waals surface area contributed by atoms with Gasteiger partial charge in [0.1, 0.15) is 5.69 Å². The van der Waals surface area contributed by atoms with Gasteiger partial charge in [0.25, 0.3) is 5.91 Å². The molecule has 0 unspecified atom stereocenters. The average Bonchev–Trinajstić information content (AvgIpc) is 2.41. The molecule has 116 valence electrons. The van der Waals surface area contributed by atoms with E-state index in [1.807, 2.05) is 52.8 Å². The number of aryl methyl sites for hydroxylation is 2. The van der Waals surface area contributed by atoms with Crippen molar-refractivity contribution in [1.29, 1.82) is 0 Å². The smallest absolute Gasteiger partial charge is 0.274 e. The Morgan fingerprint density at radius 1 is 1.09 bits per heavy atom. The predicted octanol–water partition coefficient (Wildman–Crippen LogP) is 3.56. The number of hydrogen-bond acceptors (Lipinski definition) is 4. The molecule has 2 N–H and O–H groups in total. The number of para-hydroxylation sites is 1. The second-order valence-corrected chi connectivity index (χ2v) is 6.36. The Labute approximate surface area is 131 Å². The van der Waals surface area contributed by atoms with Crippen LogP contribution in [0.2, 0.25) is 0 Å². The van der Waals surface area contributed by atoms with Gasteiger partial charge < -0.3 is 10.6 Å². The third-order valence-corrected chi connectivity index (χ3v) is 3.09. The topological polar surface area (TPSA) is 66.9 Å². The molecule has 0 radical (unpaired) electrons. The summed E-state index contributed by atoms with van der Waals surface area (Å²) < 4.78 is 0. The van der Waals surface area contributed by atoms with Crippen molar-refractivity contribution in [1.82, 2.24) is 9.97 Å². The first-order valence-electron chi connectivity index (χ1n) is 7.25. The molecule has 1 heterocycles. The highest BCUT2D eigenvalue weighted by molar-refractivity contribution is 6.03. The van der Waals surface area contributed by atoms with Crippen molar-refractivity contribution in [2.45, 2.75) is 40.2 Å². The summed E-state index contributed by atoms with van der Waals surface area (Å²) in [6, 6.07) is 7.51. The van der Waals surface area contributed by atoms with Crippen LogP contribution in [-0.4, -0.2) is 21.4 Å².